The van der Waals surface area contributed by atoms with Crippen LogP contribution in [0.25, 0.3) is 22.0 Å². The van der Waals surface area contributed by atoms with Crippen molar-refractivity contribution in [1.29, 1.82) is 0 Å². The van der Waals surface area contributed by atoms with Crippen LogP contribution < -0.4 is 9.46 Å². The van der Waals surface area contributed by atoms with Crippen LogP contribution >= 0.6 is 0 Å². The van der Waals surface area contributed by atoms with Crippen molar-refractivity contribution in [3.63, 3.8) is 0 Å². The van der Waals surface area contributed by atoms with Crippen LogP contribution in [0.15, 0.2) is 67.0 Å². The van der Waals surface area contributed by atoms with Crippen LogP contribution in [-0.4, -0.2) is 37.5 Å². The largest absolute Gasteiger partial charge is 0.481 e. The van der Waals surface area contributed by atoms with E-state index in [1.165, 1.54) is 19.4 Å². The number of hydrogen-bond donors (Lipinski definition) is 2. The molecule has 0 saturated heterocycles. The van der Waals surface area contributed by atoms with E-state index in [-0.39, 0.29) is 5.78 Å². The van der Waals surface area contributed by atoms with Gasteiger partial charge in [0.15, 0.2) is 5.78 Å². The Balaban J connectivity index is 1.88. The summed E-state index contributed by atoms with van der Waals surface area (Å²) in [6, 6.07) is 15.9. The summed E-state index contributed by atoms with van der Waals surface area (Å²) in [5.74, 6) is 0.0546. The van der Waals surface area contributed by atoms with Gasteiger partial charge in [-0.3, -0.25) is 9.52 Å². The van der Waals surface area contributed by atoms with Gasteiger partial charge in [0.25, 0.3) is 0 Å². The maximum atomic E-state index is 13.2. The summed E-state index contributed by atoms with van der Waals surface area (Å²) in [5.41, 5.74) is 3.60. The molecular formula is C22H19N3O4S. The maximum Gasteiger partial charge on any atom is 0.229 e. The zero-order chi connectivity index (χ0) is 21.3. The number of fused-ring (bicyclic) bond motifs is 1. The highest BCUT2D eigenvalue weighted by atomic mass is 32.2. The topological polar surface area (TPSA) is 101 Å². The average Bonchev–Trinajstić information content (AvgIpc) is 3.20. The molecule has 8 heteroatoms. The Morgan fingerprint density at radius 2 is 1.90 bits per heavy atom. The van der Waals surface area contributed by atoms with Crippen LogP contribution in [0.2, 0.25) is 0 Å². The van der Waals surface area contributed by atoms with Crippen LogP contribution in [0.4, 0.5) is 5.69 Å². The number of nitrogens with zero attached hydrogens (tertiary/aromatic N) is 1. The number of ketones is 1. The first-order chi connectivity index (χ1) is 14.3. The minimum atomic E-state index is -3.52. The highest BCUT2D eigenvalue weighted by molar-refractivity contribution is 7.92. The number of pyridine rings is 1. The summed E-state index contributed by atoms with van der Waals surface area (Å²) in [6.07, 6.45) is 4.40. The molecule has 30 heavy (non-hydrogen) atoms. The molecule has 0 unspecified atom stereocenters. The SMILES string of the molecule is COc1cc(C(=O)c2cc(NS(C)(=O)=O)cc(-c3cccc4[nH]ccc34)c2)ccn1. The van der Waals surface area contributed by atoms with E-state index >= 15 is 0 Å². The van der Waals surface area contributed by atoms with Gasteiger partial charge in [-0.15, -0.1) is 0 Å². The summed E-state index contributed by atoms with van der Waals surface area (Å²) >= 11 is 0. The molecule has 0 amide bonds. The number of methoxy groups -OCH3 is 1. The lowest BCUT2D eigenvalue weighted by Crippen LogP contribution is -2.11. The number of ether oxygens (including phenoxy) is 1. The molecule has 2 aromatic heterocycles. The van der Waals surface area contributed by atoms with Crippen molar-refractivity contribution in [2.24, 2.45) is 0 Å². The van der Waals surface area contributed by atoms with Crippen molar-refractivity contribution >= 4 is 32.4 Å². The Labute approximate surface area is 173 Å². The van der Waals surface area contributed by atoms with Gasteiger partial charge >= 0.3 is 0 Å². The van der Waals surface area contributed by atoms with Crippen molar-refractivity contribution in [1.82, 2.24) is 9.97 Å². The monoisotopic (exact) mass is 421 g/mol. The highest BCUT2D eigenvalue weighted by Gasteiger charge is 2.16. The van der Waals surface area contributed by atoms with Gasteiger partial charge in [-0.1, -0.05) is 12.1 Å². The number of nitrogens with one attached hydrogen (secondary N) is 2. The number of carbonyl (C=O) groups excluding carboxylic acids is 1. The molecule has 0 fully saturated rings. The van der Waals surface area contributed by atoms with Crippen molar-refractivity contribution in [3.05, 3.63) is 78.1 Å². The molecule has 2 N–H and O–H groups in total. The van der Waals surface area contributed by atoms with Gasteiger partial charge in [0, 0.05) is 46.2 Å². The second kappa shape index (κ2) is 7.64. The number of aromatic nitrogens is 2. The summed E-state index contributed by atoms with van der Waals surface area (Å²) in [6.45, 7) is 0. The van der Waals surface area contributed by atoms with E-state index in [0.29, 0.717) is 22.7 Å². The zero-order valence-electron chi connectivity index (χ0n) is 16.3. The maximum absolute atomic E-state index is 13.2. The third-order valence-electron chi connectivity index (χ3n) is 4.61. The Morgan fingerprint density at radius 1 is 1.07 bits per heavy atom. The highest BCUT2D eigenvalue weighted by Crippen LogP contribution is 2.32. The Morgan fingerprint density at radius 3 is 2.67 bits per heavy atom. The molecule has 4 rings (SSSR count). The summed E-state index contributed by atoms with van der Waals surface area (Å²) in [4.78, 5) is 20.3. The number of carbonyl (C=O) groups is 1. The number of benzene rings is 2. The number of H-pyrrole nitrogens is 1. The van der Waals surface area contributed by atoms with Crippen molar-refractivity contribution in [2.45, 2.75) is 0 Å². The number of sulfonamides is 1. The van der Waals surface area contributed by atoms with Crippen LogP contribution in [-0.2, 0) is 10.0 Å². The van der Waals surface area contributed by atoms with E-state index in [4.69, 9.17) is 4.74 Å². The predicted octanol–water partition coefficient (Wildman–Crippen LogP) is 3.84. The molecule has 7 nitrogen and oxygen atoms in total. The van der Waals surface area contributed by atoms with E-state index in [2.05, 4.69) is 14.7 Å². The molecule has 2 heterocycles. The zero-order valence-corrected chi connectivity index (χ0v) is 17.2. The van der Waals surface area contributed by atoms with Crippen LogP contribution in [0.1, 0.15) is 15.9 Å². The lowest BCUT2D eigenvalue weighted by Gasteiger charge is -2.12. The van der Waals surface area contributed by atoms with E-state index in [9.17, 15) is 13.2 Å². The van der Waals surface area contributed by atoms with Gasteiger partial charge in [0.1, 0.15) is 0 Å². The quantitative estimate of drug-likeness (QED) is 0.461. The Kier molecular flexibility index (Phi) is 5.01. The first-order valence-electron chi connectivity index (χ1n) is 9.08. The molecule has 2 aromatic carbocycles. The minimum absolute atomic E-state index is 0.268. The predicted molar refractivity (Wildman–Crippen MR) is 116 cm³/mol. The summed E-state index contributed by atoms with van der Waals surface area (Å²) < 4.78 is 31.2. The number of anilines is 1. The van der Waals surface area contributed by atoms with E-state index in [1.54, 1.807) is 24.3 Å². The third-order valence-corrected chi connectivity index (χ3v) is 5.22. The van der Waals surface area contributed by atoms with Crippen molar-refractivity contribution in [2.75, 3.05) is 18.1 Å². The van der Waals surface area contributed by atoms with Gasteiger partial charge in [0.05, 0.1) is 13.4 Å². The van der Waals surface area contributed by atoms with Gasteiger partial charge in [-0.25, -0.2) is 13.4 Å². The molecule has 0 saturated carbocycles. The fraction of sp³-hybridized carbons (Fsp3) is 0.0909. The molecule has 4 aromatic rings. The van der Waals surface area contributed by atoms with E-state index in [0.717, 1.165) is 28.3 Å². The van der Waals surface area contributed by atoms with E-state index in [1.807, 2.05) is 30.5 Å². The molecule has 0 aliphatic rings. The lowest BCUT2D eigenvalue weighted by molar-refractivity contribution is 0.103. The molecule has 0 spiro atoms. The van der Waals surface area contributed by atoms with Crippen molar-refractivity contribution < 1.29 is 17.9 Å². The lowest BCUT2D eigenvalue weighted by atomic mass is 9.96. The normalized spacial score (nSPS) is 11.4. The molecule has 0 aliphatic carbocycles. The fourth-order valence-corrected chi connectivity index (χ4v) is 3.90. The van der Waals surface area contributed by atoms with Gasteiger partial charge < -0.3 is 9.72 Å². The summed E-state index contributed by atoms with van der Waals surface area (Å²) in [7, 11) is -2.05. The van der Waals surface area contributed by atoms with Crippen LogP contribution in [0, 0.1) is 0 Å². The Hall–Kier alpha value is -3.65. The summed E-state index contributed by atoms with van der Waals surface area (Å²) in [5, 5.41) is 0.970. The minimum Gasteiger partial charge on any atom is -0.481 e. The van der Waals surface area contributed by atoms with E-state index < -0.39 is 10.0 Å². The molecule has 152 valence electrons. The van der Waals surface area contributed by atoms with Crippen LogP contribution in [0.5, 0.6) is 5.88 Å². The second-order valence-electron chi connectivity index (χ2n) is 6.83. The first kappa shape index (κ1) is 19.7. The number of rotatable bonds is 6. The second-order valence-corrected chi connectivity index (χ2v) is 8.58. The van der Waals surface area contributed by atoms with Gasteiger partial charge in [-0.05, 0) is 47.5 Å². The smallest absolute Gasteiger partial charge is 0.229 e. The standard InChI is InChI=1S/C22H19N3O4S/c1-29-21-13-14(6-8-24-21)22(26)16-10-15(11-17(12-16)25-30(2,27)28)18-4-3-5-20-19(18)7-9-23-20/h3-13,23,25H,1-2H3. The fourth-order valence-electron chi connectivity index (χ4n) is 3.35. The molecule has 0 atom stereocenters. The first-order valence-corrected chi connectivity index (χ1v) is 11.0. The van der Waals surface area contributed by atoms with Crippen LogP contribution in [0.3, 0.4) is 0 Å². The number of hydrogen-bond acceptors (Lipinski definition) is 5. The Bertz CT molecular complexity index is 1360. The molecule has 0 bridgehead atoms. The van der Waals surface area contributed by atoms with Crippen molar-refractivity contribution in [3.8, 4) is 17.0 Å². The average molecular weight is 421 g/mol. The molecule has 0 aliphatic heterocycles. The van der Waals surface area contributed by atoms with Gasteiger partial charge in [-0.2, -0.15) is 0 Å². The van der Waals surface area contributed by atoms with Gasteiger partial charge in [0.2, 0.25) is 15.9 Å². The third kappa shape index (κ3) is 4.04. The number of aromatic amines is 1. The molecule has 0 radical (unpaired) electrons. The molecular weight excluding hydrogens is 402 g/mol.